The lowest BCUT2D eigenvalue weighted by atomic mass is 9.95. The SMILES string of the molecule is O=C(CN1CCCCCC1)N[C@@H]1COC[C@H]1Cc1ccncc1. The minimum Gasteiger partial charge on any atom is -0.379 e. The van der Waals surface area contributed by atoms with Crippen LogP contribution in [0.25, 0.3) is 0 Å². The highest BCUT2D eigenvalue weighted by Gasteiger charge is 2.30. The molecule has 0 saturated carbocycles. The number of nitrogens with zero attached hydrogens (tertiary/aromatic N) is 2. The molecular weight excluding hydrogens is 290 g/mol. The largest absolute Gasteiger partial charge is 0.379 e. The number of carbonyl (C=O) groups is 1. The van der Waals surface area contributed by atoms with Crippen molar-refractivity contribution in [1.82, 2.24) is 15.2 Å². The molecule has 1 aromatic rings. The average Bonchev–Trinajstić information content (AvgIpc) is 2.82. The predicted octanol–water partition coefficient (Wildman–Crippen LogP) is 1.63. The molecule has 0 spiro atoms. The number of likely N-dealkylation sites (tertiary alicyclic amines) is 1. The summed E-state index contributed by atoms with van der Waals surface area (Å²) < 4.78 is 5.61. The molecule has 1 amide bonds. The number of carbonyl (C=O) groups excluding carboxylic acids is 1. The van der Waals surface area contributed by atoms with E-state index >= 15 is 0 Å². The van der Waals surface area contributed by atoms with Gasteiger partial charge in [-0.15, -0.1) is 0 Å². The summed E-state index contributed by atoms with van der Waals surface area (Å²) in [5, 5.41) is 3.20. The molecule has 5 nitrogen and oxygen atoms in total. The molecule has 1 N–H and O–H groups in total. The van der Waals surface area contributed by atoms with Crippen LogP contribution < -0.4 is 5.32 Å². The Bertz CT molecular complexity index is 486. The number of aromatic nitrogens is 1. The van der Waals surface area contributed by atoms with Crippen molar-refractivity contribution in [3.05, 3.63) is 30.1 Å². The maximum Gasteiger partial charge on any atom is 0.234 e. The Morgan fingerprint density at radius 2 is 1.91 bits per heavy atom. The fourth-order valence-corrected chi connectivity index (χ4v) is 3.53. The van der Waals surface area contributed by atoms with Crippen molar-refractivity contribution in [2.24, 2.45) is 5.92 Å². The molecule has 3 heterocycles. The average molecular weight is 317 g/mol. The molecular formula is C18H27N3O2. The minimum atomic E-state index is 0.127. The molecule has 2 aliphatic rings. The lowest BCUT2D eigenvalue weighted by Gasteiger charge is -2.23. The number of pyridine rings is 1. The molecule has 0 unspecified atom stereocenters. The first-order valence-corrected chi connectivity index (χ1v) is 8.79. The molecule has 126 valence electrons. The second-order valence-corrected chi connectivity index (χ2v) is 6.72. The lowest BCUT2D eigenvalue weighted by Crippen LogP contribution is -2.45. The summed E-state index contributed by atoms with van der Waals surface area (Å²) in [5.41, 5.74) is 1.25. The van der Waals surface area contributed by atoms with Gasteiger partial charge in [-0.2, -0.15) is 0 Å². The van der Waals surface area contributed by atoms with Gasteiger partial charge >= 0.3 is 0 Å². The van der Waals surface area contributed by atoms with E-state index in [1.54, 1.807) is 0 Å². The number of ether oxygens (including phenoxy) is 1. The monoisotopic (exact) mass is 317 g/mol. The van der Waals surface area contributed by atoms with Crippen LogP contribution >= 0.6 is 0 Å². The van der Waals surface area contributed by atoms with Gasteiger partial charge in [0.1, 0.15) is 0 Å². The fourth-order valence-electron chi connectivity index (χ4n) is 3.53. The molecule has 23 heavy (non-hydrogen) atoms. The normalized spacial score (nSPS) is 25.9. The van der Waals surface area contributed by atoms with Crippen molar-refractivity contribution in [3.8, 4) is 0 Å². The zero-order valence-corrected chi connectivity index (χ0v) is 13.7. The van der Waals surface area contributed by atoms with Gasteiger partial charge in [0.2, 0.25) is 5.91 Å². The Labute approximate surface area is 138 Å². The van der Waals surface area contributed by atoms with E-state index in [0.29, 0.717) is 19.1 Å². The van der Waals surface area contributed by atoms with Crippen LogP contribution in [-0.4, -0.2) is 54.7 Å². The molecule has 2 atom stereocenters. The molecule has 0 aromatic carbocycles. The molecule has 2 aliphatic heterocycles. The van der Waals surface area contributed by atoms with Crippen LogP contribution in [0.15, 0.2) is 24.5 Å². The Morgan fingerprint density at radius 1 is 1.17 bits per heavy atom. The zero-order valence-electron chi connectivity index (χ0n) is 13.7. The van der Waals surface area contributed by atoms with Crippen molar-refractivity contribution in [1.29, 1.82) is 0 Å². The van der Waals surface area contributed by atoms with Crippen molar-refractivity contribution in [2.75, 3.05) is 32.8 Å². The van der Waals surface area contributed by atoms with Crippen LogP contribution in [0.4, 0.5) is 0 Å². The Hall–Kier alpha value is -1.46. The summed E-state index contributed by atoms with van der Waals surface area (Å²) >= 11 is 0. The van der Waals surface area contributed by atoms with Crippen molar-refractivity contribution in [3.63, 3.8) is 0 Å². The van der Waals surface area contributed by atoms with Crippen molar-refractivity contribution >= 4 is 5.91 Å². The lowest BCUT2D eigenvalue weighted by molar-refractivity contribution is -0.123. The highest BCUT2D eigenvalue weighted by molar-refractivity contribution is 5.78. The van der Waals surface area contributed by atoms with Gasteiger partial charge in [-0.3, -0.25) is 14.7 Å². The number of hydrogen-bond donors (Lipinski definition) is 1. The van der Waals surface area contributed by atoms with Gasteiger partial charge in [0, 0.05) is 18.3 Å². The van der Waals surface area contributed by atoms with Gasteiger partial charge in [0.25, 0.3) is 0 Å². The Morgan fingerprint density at radius 3 is 2.65 bits per heavy atom. The molecule has 0 radical (unpaired) electrons. The molecule has 0 bridgehead atoms. The van der Waals surface area contributed by atoms with Crippen LogP contribution in [0.5, 0.6) is 0 Å². The van der Waals surface area contributed by atoms with Gasteiger partial charge in [-0.25, -0.2) is 0 Å². The molecule has 5 heteroatoms. The number of hydrogen-bond acceptors (Lipinski definition) is 4. The highest BCUT2D eigenvalue weighted by atomic mass is 16.5. The minimum absolute atomic E-state index is 0.127. The quantitative estimate of drug-likeness (QED) is 0.897. The van der Waals surface area contributed by atoms with Gasteiger partial charge in [0.15, 0.2) is 0 Å². The van der Waals surface area contributed by atoms with Gasteiger partial charge < -0.3 is 10.1 Å². The van der Waals surface area contributed by atoms with Crippen LogP contribution in [0.2, 0.25) is 0 Å². The molecule has 0 aliphatic carbocycles. The first-order valence-electron chi connectivity index (χ1n) is 8.79. The van der Waals surface area contributed by atoms with E-state index in [4.69, 9.17) is 4.74 Å². The van der Waals surface area contributed by atoms with Crippen LogP contribution in [-0.2, 0) is 16.0 Å². The van der Waals surface area contributed by atoms with E-state index in [2.05, 4.69) is 15.2 Å². The van der Waals surface area contributed by atoms with Gasteiger partial charge in [-0.1, -0.05) is 12.8 Å². The first kappa shape index (κ1) is 16.4. The summed E-state index contributed by atoms with van der Waals surface area (Å²) in [5.74, 6) is 0.493. The van der Waals surface area contributed by atoms with Crippen LogP contribution in [0.1, 0.15) is 31.2 Å². The van der Waals surface area contributed by atoms with Gasteiger partial charge in [0.05, 0.1) is 25.8 Å². The summed E-state index contributed by atoms with van der Waals surface area (Å²) in [6, 6.07) is 4.20. The molecule has 3 rings (SSSR count). The second-order valence-electron chi connectivity index (χ2n) is 6.72. The van der Waals surface area contributed by atoms with E-state index in [1.807, 2.05) is 24.5 Å². The predicted molar refractivity (Wildman–Crippen MR) is 89.1 cm³/mol. The summed E-state index contributed by atoms with van der Waals surface area (Å²) in [4.78, 5) is 18.7. The third kappa shape index (κ3) is 5.01. The van der Waals surface area contributed by atoms with E-state index in [1.165, 1.54) is 31.2 Å². The van der Waals surface area contributed by atoms with E-state index < -0.39 is 0 Å². The number of nitrogens with one attached hydrogen (secondary N) is 1. The maximum atomic E-state index is 12.4. The maximum absolute atomic E-state index is 12.4. The van der Waals surface area contributed by atoms with Crippen LogP contribution in [0.3, 0.4) is 0 Å². The second kappa shape index (κ2) is 8.41. The molecule has 1 aromatic heterocycles. The highest BCUT2D eigenvalue weighted by Crippen LogP contribution is 2.19. The summed E-state index contributed by atoms with van der Waals surface area (Å²) in [7, 11) is 0. The van der Waals surface area contributed by atoms with Crippen molar-refractivity contribution in [2.45, 2.75) is 38.1 Å². The third-order valence-corrected chi connectivity index (χ3v) is 4.86. The Balaban J connectivity index is 1.48. The van der Waals surface area contributed by atoms with Crippen LogP contribution in [0, 0.1) is 5.92 Å². The number of rotatable bonds is 5. The first-order chi connectivity index (χ1) is 11.3. The Kier molecular flexibility index (Phi) is 6.00. The molecule has 2 saturated heterocycles. The topological polar surface area (TPSA) is 54.5 Å². The van der Waals surface area contributed by atoms with Gasteiger partial charge in [-0.05, 0) is 50.0 Å². The number of amides is 1. The zero-order chi connectivity index (χ0) is 15.9. The van der Waals surface area contributed by atoms with E-state index in [-0.39, 0.29) is 11.9 Å². The summed E-state index contributed by atoms with van der Waals surface area (Å²) in [6.07, 6.45) is 9.58. The fraction of sp³-hybridized carbons (Fsp3) is 0.667. The summed E-state index contributed by atoms with van der Waals surface area (Å²) in [6.45, 7) is 3.97. The standard InChI is InChI=1S/C18H27N3O2/c22-18(12-21-9-3-1-2-4-10-21)20-17-14-23-13-16(17)11-15-5-7-19-8-6-15/h5-8,16-17H,1-4,9-14H2,(H,20,22)/t16-,17-/m1/s1. The molecule has 2 fully saturated rings. The third-order valence-electron chi connectivity index (χ3n) is 4.86. The smallest absolute Gasteiger partial charge is 0.234 e. The van der Waals surface area contributed by atoms with E-state index in [0.717, 1.165) is 26.1 Å². The van der Waals surface area contributed by atoms with E-state index in [9.17, 15) is 4.79 Å². The van der Waals surface area contributed by atoms with Crippen molar-refractivity contribution < 1.29 is 9.53 Å².